The topological polar surface area (TPSA) is 101 Å². The predicted octanol–water partition coefficient (Wildman–Crippen LogP) is 4.45. The summed E-state index contributed by atoms with van der Waals surface area (Å²) in [5.74, 6) is 1.31. The van der Waals surface area contributed by atoms with Gasteiger partial charge in [-0.2, -0.15) is 0 Å². The summed E-state index contributed by atoms with van der Waals surface area (Å²) in [6, 6.07) is 12.0. The first-order valence-electron chi connectivity index (χ1n) is 9.55. The Morgan fingerprint density at radius 3 is 2.54 bits per heavy atom. The summed E-state index contributed by atoms with van der Waals surface area (Å²) in [6.07, 6.45) is 4.40. The normalized spacial score (nSPS) is 19.5. The van der Waals surface area contributed by atoms with Crippen molar-refractivity contribution in [1.29, 1.82) is 0 Å². The van der Waals surface area contributed by atoms with Gasteiger partial charge < -0.3 is 10.3 Å². The molecule has 1 amide bonds. The summed E-state index contributed by atoms with van der Waals surface area (Å²) in [6.45, 7) is 2.26. The van der Waals surface area contributed by atoms with Crippen molar-refractivity contribution in [1.82, 2.24) is 15.3 Å². The highest BCUT2D eigenvalue weighted by Crippen LogP contribution is 2.25. The standard InChI is InChI=1S/C21H22N4O3/c1-13-2-8-16(9-3-13)22-21(26)15-6-4-14(5-7-15)20-23-18-11-10-17(25(27)28)12-19(18)24-20/h4-7,10-13,16H,2-3,8-9H2,1H3,(H,22,26)(H,23,24). The van der Waals surface area contributed by atoms with Crippen molar-refractivity contribution in [2.45, 2.75) is 38.6 Å². The highest BCUT2D eigenvalue weighted by molar-refractivity contribution is 5.95. The number of imidazole rings is 1. The molecule has 1 aromatic heterocycles. The Bertz CT molecular complexity index is 1020. The van der Waals surface area contributed by atoms with E-state index in [0.29, 0.717) is 22.4 Å². The van der Waals surface area contributed by atoms with Gasteiger partial charge in [0, 0.05) is 29.3 Å². The molecule has 28 heavy (non-hydrogen) atoms. The molecular formula is C21H22N4O3. The fourth-order valence-electron chi connectivity index (χ4n) is 3.70. The van der Waals surface area contributed by atoms with E-state index < -0.39 is 4.92 Å². The number of carbonyl (C=O) groups is 1. The van der Waals surface area contributed by atoms with E-state index in [1.165, 1.54) is 12.1 Å². The zero-order valence-electron chi connectivity index (χ0n) is 15.6. The summed E-state index contributed by atoms with van der Waals surface area (Å²) in [5.41, 5.74) is 2.73. The number of rotatable bonds is 4. The third-order valence-electron chi connectivity index (χ3n) is 5.45. The van der Waals surface area contributed by atoms with Crippen molar-refractivity contribution in [2.24, 2.45) is 5.92 Å². The lowest BCUT2D eigenvalue weighted by Gasteiger charge is -2.26. The zero-order chi connectivity index (χ0) is 19.7. The van der Waals surface area contributed by atoms with E-state index in [4.69, 9.17) is 0 Å². The van der Waals surface area contributed by atoms with Gasteiger partial charge in [0.15, 0.2) is 0 Å². The van der Waals surface area contributed by atoms with Crippen molar-refractivity contribution in [3.05, 3.63) is 58.1 Å². The number of H-pyrrole nitrogens is 1. The molecular weight excluding hydrogens is 356 g/mol. The molecule has 2 N–H and O–H groups in total. The average Bonchev–Trinajstić information content (AvgIpc) is 3.13. The monoisotopic (exact) mass is 378 g/mol. The van der Waals surface area contributed by atoms with Crippen LogP contribution in [0.15, 0.2) is 42.5 Å². The summed E-state index contributed by atoms with van der Waals surface area (Å²) >= 11 is 0. The molecule has 0 radical (unpaired) electrons. The number of fused-ring (bicyclic) bond motifs is 1. The molecule has 0 aliphatic heterocycles. The van der Waals surface area contributed by atoms with Gasteiger partial charge >= 0.3 is 0 Å². The van der Waals surface area contributed by atoms with Gasteiger partial charge in [-0.25, -0.2) is 4.98 Å². The van der Waals surface area contributed by atoms with Gasteiger partial charge in [0.1, 0.15) is 5.82 Å². The van der Waals surface area contributed by atoms with E-state index in [1.807, 2.05) is 12.1 Å². The van der Waals surface area contributed by atoms with Gasteiger partial charge in [0.05, 0.1) is 16.0 Å². The van der Waals surface area contributed by atoms with Gasteiger partial charge in [-0.1, -0.05) is 19.1 Å². The minimum Gasteiger partial charge on any atom is -0.349 e. The molecule has 7 nitrogen and oxygen atoms in total. The van der Waals surface area contributed by atoms with E-state index >= 15 is 0 Å². The number of nitro benzene ring substituents is 1. The van der Waals surface area contributed by atoms with Crippen molar-refractivity contribution >= 4 is 22.6 Å². The number of non-ortho nitro benzene ring substituents is 1. The Morgan fingerprint density at radius 2 is 1.86 bits per heavy atom. The van der Waals surface area contributed by atoms with Crippen LogP contribution in [0.4, 0.5) is 5.69 Å². The fraction of sp³-hybridized carbons (Fsp3) is 0.333. The van der Waals surface area contributed by atoms with Crippen LogP contribution < -0.4 is 5.32 Å². The maximum absolute atomic E-state index is 12.5. The fourth-order valence-corrected chi connectivity index (χ4v) is 3.70. The Kier molecular flexibility index (Phi) is 4.81. The minimum atomic E-state index is -0.430. The van der Waals surface area contributed by atoms with E-state index in [9.17, 15) is 14.9 Å². The third kappa shape index (κ3) is 3.74. The van der Waals surface area contributed by atoms with Crippen LogP contribution in [0.5, 0.6) is 0 Å². The first kappa shape index (κ1) is 18.2. The number of nitrogens with one attached hydrogen (secondary N) is 2. The van der Waals surface area contributed by atoms with E-state index in [2.05, 4.69) is 22.2 Å². The van der Waals surface area contributed by atoms with Crippen LogP contribution in [-0.2, 0) is 0 Å². The lowest BCUT2D eigenvalue weighted by atomic mass is 9.87. The van der Waals surface area contributed by atoms with Crippen LogP contribution in [0.3, 0.4) is 0 Å². The maximum atomic E-state index is 12.5. The molecule has 7 heteroatoms. The van der Waals surface area contributed by atoms with E-state index in [-0.39, 0.29) is 17.6 Å². The van der Waals surface area contributed by atoms with Crippen molar-refractivity contribution < 1.29 is 9.72 Å². The molecule has 1 heterocycles. The molecule has 0 unspecified atom stereocenters. The van der Waals surface area contributed by atoms with Crippen LogP contribution in [0.2, 0.25) is 0 Å². The first-order chi connectivity index (χ1) is 13.5. The highest BCUT2D eigenvalue weighted by Gasteiger charge is 2.20. The molecule has 1 aliphatic carbocycles. The molecule has 1 aliphatic rings. The molecule has 0 spiro atoms. The smallest absolute Gasteiger partial charge is 0.271 e. The highest BCUT2D eigenvalue weighted by atomic mass is 16.6. The SMILES string of the molecule is CC1CCC(NC(=O)c2ccc(-c3nc4ccc([N+](=O)[O-])cc4[nH]3)cc2)CC1. The number of benzene rings is 2. The van der Waals surface area contributed by atoms with Gasteiger partial charge in [0.25, 0.3) is 11.6 Å². The van der Waals surface area contributed by atoms with Crippen molar-refractivity contribution in [2.75, 3.05) is 0 Å². The Morgan fingerprint density at radius 1 is 1.14 bits per heavy atom. The minimum absolute atomic E-state index is 0.0202. The maximum Gasteiger partial charge on any atom is 0.271 e. The molecule has 1 saturated carbocycles. The first-order valence-corrected chi connectivity index (χ1v) is 9.55. The third-order valence-corrected chi connectivity index (χ3v) is 5.45. The quantitative estimate of drug-likeness (QED) is 0.517. The number of nitrogens with zero attached hydrogens (tertiary/aromatic N) is 2. The number of amides is 1. The van der Waals surface area contributed by atoms with Crippen LogP contribution in [0.1, 0.15) is 43.0 Å². The van der Waals surface area contributed by atoms with Crippen LogP contribution in [-0.4, -0.2) is 26.8 Å². The second-order valence-electron chi connectivity index (χ2n) is 7.55. The van der Waals surface area contributed by atoms with Crippen LogP contribution in [0, 0.1) is 16.0 Å². The average molecular weight is 378 g/mol. The number of nitro groups is 1. The molecule has 0 atom stereocenters. The number of aromatic amines is 1. The summed E-state index contributed by atoms with van der Waals surface area (Å²) < 4.78 is 0. The largest absolute Gasteiger partial charge is 0.349 e. The molecule has 4 rings (SSSR count). The number of hydrogen-bond acceptors (Lipinski definition) is 4. The molecule has 0 saturated heterocycles. The summed E-state index contributed by atoms with van der Waals surface area (Å²) in [5, 5.41) is 14.0. The lowest BCUT2D eigenvalue weighted by Crippen LogP contribution is -2.37. The molecule has 144 valence electrons. The Labute approximate surface area is 162 Å². The zero-order valence-corrected chi connectivity index (χ0v) is 15.6. The molecule has 3 aromatic rings. The molecule has 1 fully saturated rings. The molecule has 0 bridgehead atoms. The van der Waals surface area contributed by atoms with E-state index in [0.717, 1.165) is 37.2 Å². The molecule has 2 aromatic carbocycles. The van der Waals surface area contributed by atoms with E-state index in [1.54, 1.807) is 18.2 Å². The summed E-state index contributed by atoms with van der Waals surface area (Å²) in [4.78, 5) is 30.6. The van der Waals surface area contributed by atoms with Gasteiger partial charge in [-0.3, -0.25) is 14.9 Å². The van der Waals surface area contributed by atoms with Gasteiger partial charge in [-0.05, 0) is 49.8 Å². The van der Waals surface area contributed by atoms with Crippen molar-refractivity contribution in [3.63, 3.8) is 0 Å². The van der Waals surface area contributed by atoms with Gasteiger partial charge in [0.2, 0.25) is 0 Å². The Hall–Kier alpha value is -3.22. The lowest BCUT2D eigenvalue weighted by molar-refractivity contribution is -0.384. The number of carbonyl (C=O) groups excluding carboxylic acids is 1. The number of aromatic nitrogens is 2. The van der Waals surface area contributed by atoms with Crippen molar-refractivity contribution in [3.8, 4) is 11.4 Å². The summed E-state index contributed by atoms with van der Waals surface area (Å²) in [7, 11) is 0. The Balaban J connectivity index is 1.49. The van der Waals surface area contributed by atoms with Crippen LogP contribution >= 0.6 is 0 Å². The predicted molar refractivity (Wildman–Crippen MR) is 107 cm³/mol. The van der Waals surface area contributed by atoms with Gasteiger partial charge in [-0.15, -0.1) is 0 Å². The second-order valence-corrected chi connectivity index (χ2v) is 7.55. The second kappa shape index (κ2) is 7.42. The van der Waals surface area contributed by atoms with Crippen LogP contribution in [0.25, 0.3) is 22.4 Å². The number of hydrogen-bond donors (Lipinski definition) is 2.